The predicted molar refractivity (Wildman–Crippen MR) is 77.8 cm³/mol. The fourth-order valence-corrected chi connectivity index (χ4v) is 2.90. The van der Waals surface area contributed by atoms with Crippen LogP contribution in [0.5, 0.6) is 5.75 Å². The summed E-state index contributed by atoms with van der Waals surface area (Å²) in [4.78, 5) is 13.1. The number of carboxylic acids is 1. The van der Waals surface area contributed by atoms with Gasteiger partial charge in [-0.2, -0.15) is 0 Å². The molecule has 4 heteroatoms. The molecule has 1 aromatic rings. The molecule has 0 amide bonds. The summed E-state index contributed by atoms with van der Waals surface area (Å²) in [7, 11) is 0. The molecule has 1 saturated heterocycles. The summed E-state index contributed by atoms with van der Waals surface area (Å²) in [6.45, 7) is 4.13. The van der Waals surface area contributed by atoms with Gasteiger partial charge in [-0.1, -0.05) is 12.1 Å². The number of carbonyl (C=O) groups is 1. The maximum atomic E-state index is 10.7. The van der Waals surface area contributed by atoms with Crippen LogP contribution in [0.3, 0.4) is 0 Å². The Kier molecular flexibility index (Phi) is 5.01. The van der Waals surface area contributed by atoms with Crippen molar-refractivity contribution in [3.8, 4) is 5.75 Å². The Hall–Kier alpha value is -1.55. The van der Waals surface area contributed by atoms with Crippen LogP contribution in [0.15, 0.2) is 24.3 Å². The number of hydrogen-bond donors (Lipinski definition) is 2. The van der Waals surface area contributed by atoms with Crippen LogP contribution >= 0.6 is 0 Å². The molecule has 0 bridgehead atoms. The first-order valence-electron chi connectivity index (χ1n) is 7.28. The zero-order chi connectivity index (χ0) is 14.5. The maximum Gasteiger partial charge on any atom is 0.303 e. The average molecular weight is 277 g/mol. The van der Waals surface area contributed by atoms with Crippen molar-refractivity contribution < 1.29 is 15.0 Å². The number of benzene rings is 1. The molecule has 1 aliphatic rings. The van der Waals surface area contributed by atoms with Gasteiger partial charge >= 0.3 is 5.97 Å². The number of hydrogen-bond acceptors (Lipinski definition) is 3. The number of aryl methyl sites for hydroxylation is 1. The SMILES string of the molecule is CC(CCc1ccc(O)cc1)N1CCC(CC(=O)O)C1. The standard InChI is InChI=1S/C16H23NO3/c1-12(2-3-13-4-6-15(18)7-5-13)17-9-8-14(11-17)10-16(19)20/h4-7,12,14,18H,2-3,8-11H2,1H3,(H,19,20). The van der Waals surface area contributed by atoms with E-state index in [1.165, 1.54) is 5.56 Å². The van der Waals surface area contributed by atoms with Crippen LogP contribution in [0.1, 0.15) is 31.7 Å². The predicted octanol–water partition coefficient (Wildman–Crippen LogP) is 2.51. The highest BCUT2D eigenvalue weighted by Crippen LogP contribution is 2.23. The van der Waals surface area contributed by atoms with Crippen molar-refractivity contribution >= 4 is 5.97 Å². The molecular weight excluding hydrogens is 254 g/mol. The Morgan fingerprint density at radius 2 is 2.10 bits per heavy atom. The van der Waals surface area contributed by atoms with Gasteiger partial charge in [0.05, 0.1) is 0 Å². The molecule has 1 aliphatic heterocycles. The molecular formula is C16H23NO3. The molecule has 20 heavy (non-hydrogen) atoms. The van der Waals surface area contributed by atoms with Crippen LogP contribution in [-0.2, 0) is 11.2 Å². The normalized spacial score (nSPS) is 20.9. The maximum absolute atomic E-state index is 10.7. The van der Waals surface area contributed by atoms with Crippen molar-refractivity contribution in [2.45, 2.75) is 38.6 Å². The number of carboxylic acid groups (broad SMARTS) is 1. The van der Waals surface area contributed by atoms with E-state index in [0.29, 0.717) is 24.1 Å². The molecule has 0 aromatic heterocycles. The Morgan fingerprint density at radius 1 is 1.40 bits per heavy atom. The van der Waals surface area contributed by atoms with E-state index in [1.54, 1.807) is 12.1 Å². The van der Waals surface area contributed by atoms with Gasteiger partial charge in [-0.15, -0.1) is 0 Å². The Labute approximate surface area is 120 Å². The molecule has 2 unspecified atom stereocenters. The Bertz CT molecular complexity index is 444. The molecule has 2 rings (SSSR count). The van der Waals surface area contributed by atoms with E-state index < -0.39 is 5.97 Å². The van der Waals surface area contributed by atoms with E-state index in [9.17, 15) is 9.90 Å². The third-order valence-corrected chi connectivity index (χ3v) is 4.19. The smallest absolute Gasteiger partial charge is 0.303 e. The van der Waals surface area contributed by atoms with E-state index in [4.69, 9.17) is 5.11 Å². The van der Waals surface area contributed by atoms with Crippen LogP contribution in [0.25, 0.3) is 0 Å². The fraction of sp³-hybridized carbons (Fsp3) is 0.562. The van der Waals surface area contributed by atoms with Gasteiger partial charge in [0.15, 0.2) is 0 Å². The minimum Gasteiger partial charge on any atom is -0.508 e. The highest BCUT2D eigenvalue weighted by molar-refractivity contribution is 5.67. The number of phenolic OH excluding ortho intramolecular Hbond substituents is 1. The van der Waals surface area contributed by atoms with Crippen LogP contribution < -0.4 is 0 Å². The molecule has 1 fully saturated rings. The van der Waals surface area contributed by atoms with Crippen molar-refractivity contribution in [3.63, 3.8) is 0 Å². The molecule has 0 spiro atoms. The summed E-state index contributed by atoms with van der Waals surface area (Å²) in [5.74, 6) is -0.0740. The molecule has 0 saturated carbocycles. The average Bonchev–Trinajstić information content (AvgIpc) is 2.85. The van der Waals surface area contributed by atoms with E-state index in [2.05, 4.69) is 11.8 Å². The van der Waals surface area contributed by atoms with Crippen molar-refractivity contribution in [3.05, 3.63) is 29.8 Å². The number of aromatic hydroxyl groups is 1. The highest BCUT2D eigenvalue weighted by Gasteiger charge is 2.27. The van der Waals surface area contributed by atoms with Gasteiger partial charge in [0, 0.05) is 19.0 Å². The summed E-state index contributed by atoms with van der Waals surface area (Å²) in [6.07, 6.45) is 3.34. The van der Waals surface area contributed by atoms with Crippen LogP contribution in [0.4, 0.5) is 0 Å². The van der Waals surface area contributed by atoms with Crippen LogP contribution in [-0.4, -0.2) is 40.2 Å². The van der Waals surface area contributed by atoms with Crippen molar-refractivity contribution in [2.24, 2.45) is 5.92 Å². The third-order valence-electron chi connectivity index (χ3n) is 4.19. The second-order valence-corrected chi connectivity index (χ2v) is 5.80. The zero-order valence-electron chi connectivity index (χ0n) is 12.0. The summed E-state index contributed by atoms with van der Waals surface area (Å²) < 4.78 is 0. The third kappa shape index (κ3) is 4.23. The van der Waals surface area contributed by atoms with E-state index in [1.807, 2.05) is 12.1 Å². The lowest BCUT2D eigenvalue weighted by Crippen LogP contribution is -2.31. The summed E-state index contributed by atoms with van der Waals surface area (Å²) >= 11 is 0. The number of aliphatic carboxylic acids is 1. The Morgan fingerprint density at radius 3 is 2.75 bits per heavy atom. The number of rotatable bonds is 6. The fourth-order valence-electron chi connectivity index (χ4n) is 2.90. The van der Waals surface area contributed by atoms with Crippen LogP contribution in [0, 0.1) is 5.92 Å². The first kappa shape index (κ1) is 14.9. The van der Waals surface area contributed by atoms with Crippen molar-refractivity contribution in [2.75, 3.05) is 13.1 Å². The van der Waals surface area contributed by atoms with E-state index in [-0.39, 0.29) is 0 Å². The van der Waals surface area contributed by atoms with Gasteiger partial charge in [0.1, 0.15) is 5.75 Å². The second-order valence-electron chi connectivity index (χ2n) is 5.80. The van der Waals surface area contributed by atoms with Gasteiger partial charge in [-0.25, -0.2) is 0 Å². The lowest BCUT2D eigenvalue weighted by molar-refractivity contribution is -0.138. The number of likely N-dealkylation sites (tertiary alicyclic amines) is 1. The monoisotopic (exact) mass is 277 g/mol. The first-order chi connectivity index (χ1) is 9.54. The van der Waals surface area contributed by atoms with Gasteiger partial charge < -0.3 is 15.1 Å². The van der Waals surface area contributed by atoms with Gasteiger partial charge in [0.25, 0.3) is 0 Å². The first-order valence-corrected chi connectivity index (χ1v) is 7.28. The highest BCUT2D eigenvalue weighted by atomic mass is 16.4. The molecule has 0 aliphatic carbocycles. The molecule has 1 aromatic carbocycles. The molecule has 0 radical (unpaired) electrons. The Balaban J connectivity index is 1.76. The zero-order valence-corrected chi connectivity index (χ0v) is 12.0. The topological polar surface area (TPSA) is 60.8 Å². The van der Waals surface area contributed by atoms with Gasteiger partial charge in [0.2, 0.25) is 0 Å². The summed E-state index contributed by atoms with van der Waals surface area (Å²) in [5, 5.41) is 18.1. The lowest BCUT2D eigenvalue weighted by Gasteiger charge is -2.24. The minimum absolute atomic E-state index is 0.293. The largest absolute Gasteiger partial charge is 0.508 e. The van der Waals surface area contributed by atoms with E-state index in [0.717, 1.165) is 32.4 Å². The number of nitrogens with zero attached hydrogens (tertiary/aromatic N) is 1. The quantitative estimate of drug-likeness (QED) is 0.838. The molecule has 1 heterocycles. The summed E-state index contributed by atoms with van der Waals surface area (Å²) in [5.41, 5.74) is 1.23. The van der Waals surface area contributed by atoms with Crippen molar-refractivity contribution in [1.29, 1.82) is 0 Å². The minimum atomic E-state index is -0.686. The van der Waals surface area contributed by atoms with Gasteiger partial charge in [-0.05, 0) is 56.3 Å². The lowest BCUT2D eigenvalue weighted by atomic mass is 10.0. The van der Waals surface area contributed by atoms with Crippen LogP contribution in [0.2, 0.25) is 0 Å². The molecule has 4 nitrogen and oxygen atoms in total. The van der Waals surface area contributed by atoms with E-state index >= 15 is 0 Å². The van der Waals surface area contributed by atoms with Crippen molar-refractivity contribution in [1.82, 2.24) is 4.90 Å². The summed E-state index contributed by atoms with van der Waals surface area (Å²) in [6, 6.07) is 7.83. The second kappa shape index (κ2) is 6.75. The number of phenols is 1. The van der Waals surface area contributed by atoms with Gasteiger partial charge in [-0.3, -0.25) is 4.79 Å². The molecule has 2 N–H and O–H groups in total. The molecule has 2 atom stereocenters. The molecule has 110 valence electrons.